The molecule has 22 heavy (non-hydrogen) atoms. The van der Waals surface area contributed by atoms with Crippen LogP contribution in [0.3, 0.4) is 0 Å². The number of hydrogen-bond donors (Lipinski definition) is 2. The van der Waals surface area contributed by atoms with Gasteiger partial charge in [0.2, 0.25) is 0 Å². The van der Waals surface area contributed by atoms with Gasteiger partial charge in [0.15, 0.2) is 5.11 Å². The minimum Gasteiger partial charge on any atom is -0.497 e. The van der Waals surface area contributed by atoms with Crippen LogP contribution in [0.2, 0.25) is 0 Å². The first kappa shape index (κ1) is 16.0. The van der Waals surface area contributed by atoms with E-state index in [1.807, 2.05) is 43.3 Å². The van der Waals surface area contributed by atoms with Gasteiger partial charge >= 0.3 is 0 Å². The van der Waals surface area contributed by atoms with Crippen LogP contribution in [0.4, 0.5) is 5.69 Å². The summed E-state index contributed by atoms with van der Waals surface area (Å²) in [4.78, 5) is 3.96. The minimum atomic E-state index is 0.0731. The van der Waals surface area contributed by atoms with E-state index < -0.39 is 0 Å². The van der Waals surface area contributed by atoms with E-state index in [9.17, 15) is 0 Å². The molecule has 0 spiro atoms. The topological polar surface area (TPSA) is 55.4 Å². The summed E-state index contributed by atoms with van der Waals surface area (Å²) in [7, 11) is 1.64. The first-order chi connectivity index (χ1) is 10.7. The summed E-state index contributed by atoms with van der Waals surface area (Å²) in [6.45, 7) is 2.51. The molecule has 0 aliphatic heterocycles. The summed E-state index contributed by atoms with van der Waals surface area (Å²) in [6, 6.07) is 11.3. The lowest BCUT2D eigenvalue weighted by atomic mass is 10.3. The van der Waals surface area contributed by atoms with Gasteiger partial charge in [-0.05, 0) is 55.5 Å². The Morgan fingerprint density at radius 1 is 1.14 bits per heavy atom. The number of nitrogens with one attached hydrogen (secondary N) is 2. The Morgan fingerprint density at radius 2 is 1.77 bits per heavy atom. The van der Waals surface area contributed by atoms with E-state index in [2.05, 4.69) is 15.6 Å². The molecule has 0 fully saturated rings. The minimum absolute atomic E-state index is 0.0731. The molecule has 2 rings (SSSR count). The number of ether oxygens (including phenoxy) is 2. The lowest BCUT2D eigenvalue weighted by molar-refractivity contribution is 0.286. The van der Waals surface area contributed by atoms with Crippen LogP contribution in [0.25, 0.3) is 0 Å². The molecule has 0 bridgehead atoms. The molecule has 5 nitrogen and oxygen atoms in total. The Hall–Kier alpha value is -2.34. The maximum absolute atomic E-state index is 5.70. The standard InChI is InChI=1S/C16H19N3O2S/c1-12(11-21-15-5-3-14(20-2)4-6-15)18-16(22)19-13-7-9-17-10-8-13/h3-10,12H,11H2,1-2H3,(H2,17,18,19,22). The Labute approximate surface area is 135 Å². The van der Waals surface area contributed by atoms with E-state index in [1.54, 1.807) is 19.5 Å². The van der Waals surface area contributed by atoms with Crippen molar-refractivity contribution < 1.29 is 9.47 Å². The molecule has 0 saturated carbocycles. The maximum Gasteiger partial charge on any atom is 0.171 e. The SMILES string of the molecule is COc1ccc(OCC(C)NC(=S)Nc2ccncc2)cc1. The zero-order valence-corrected chi connectivity index (χ0v) is 13.4. The van der Waals surface area contributed by atoms with E-state index in [0.29, 0.717) is 11.7 Å². The Balaban J connectivity index is 1.74. The normalized spacial score (nSPS) is 11.4. The van der Waals surface area contributed by atoms with Crippen LogP contribution in [0.1, 0.15) is 6.92 Å². The van der Waals surface area contributed by atoms with Crippen LogP contribution in [-0.2, 0) is 0 Å². The first-order valence-electron chi connectivity index (χ1n) is 6.92. The molecule has 116 valence electrons. The predicted octanol–water partition coefficient (Wildman–Crippen LogP) is 2.84. The lowest BCUT2D eigenvalue weighted by Crippen LogP contribution is -2.39. The summed E-state index contributed by atoms with van der Waals surface area (Å²) in [5, 5.41) is 6.82. The second-order valence-corrected chi connectivity index (χ2v) is 5.13. The molecule has 0 aliphatic carbocycles. The molecule has 1 aromatic carbocycles. The van der Waals surface area contributed by atoms with Gasteiger partial charge < -0.3 is 20.1 Å². The fraction of sp³-hybridized carbons (Fsp3) is 0.250. The second kappa shape index (κ2) is 8.19. The number of pyridine rings is 1. The van der Waals surface area contributed by atoms with Crippen LogP contribution in [0, 0.1) is 0 Å². The van der Waals surface area contributed by atoms with Gasteiger partial charge in [-0.2, -0.15) is 0 Å². The number of anilines is 1. The monoisotopic (exact) mass is 317 g/mol. The largest absolute Gasteiger partial charge is 0.497 e. The van der Waals surface area contributed by atoms with Gasteiger partial charge in [0.05, 0.1) is 13.2 Å². The average Bonchev–Trinajstić information content (AvgIpc) is 2.54. The van der Waals surface area contributed by atoms with E-state index >= 15 is 0 Å². The summed E-state index contributed by atoms with van der Waals surface area (Å²) >= 11 is 5.26. The van der Waals surface area contributed by atoms with Crippen molar-refractivity contribution in [2.24, 2.45) is 0 Å². The Bertz CT molecular complexity index is 590. The molecule has 1 unspecified atom stereocenters. The van der Waals surface area contributed by atoms with Gasteiger partial charge in [-0.25, -0.2) is 0 Å². The summed E-state index contributed by atoms with van der Waals surface area (Å²) < 4.78 is 10.8. The molecular weight excluding hydrogens is 298 g/mol. The van der Waals surface area contributed by atoms with E-state index in [-0.39, 0.29) is 6.04 Å². The Morgan fingerprint density at radius 3 is 2.41 bits per heavy atom. The highest BCUT2D eigenvalue weighted by Gasteiger charge is 2.05. The summed E-state index contributed by atoms with van der Waals surface area (Å²) in [5.74, 6) is 1.60. The number of hydrogen-bond acceptors (Lipinski definition) is 4. The van der Waals surface area contributed by atoms with Crippen molar-refractivity contribution in [1.82, 2.24) is 10.3 Å². The highest BCUT2D eigenvalue weighted by atomic mass is 32.1. The third kappa shape index (κ3) is 5.21. The highest BCUT2D eigenvalue weighted by Crippen LogP contribution is 2.17. The van der Waals surface area contributed by atoms with Crippen LogP contribution >= 0.6 is 12.2 Å². The van der Waals surface area contributed by atoms with Crippen molar-refractivity contribution in [1.29, 1.82) is 0 Å². The van der Waals surface area contributed by atoms with E-state index in [1.165, 1.54) is 0 Å². The van der Waals surface area contributed by atoms with Gasteiger partial charge in [-0.1, -0.05) is 0 Å². The van der Waals surface area contributed by atoms with Crippen LogP contribution in [0.15, 0.2) is 48.8 Å². The maximum atomic E-state index is 5.70. The fourth-order valence-corrected chi connectivity index (χ4v) is 2.08. The van der Waals surface area contributed by atoms with Gasteiger partial charge in [-0.3, -0.25) is 4.98 Å². The van der Waals surface area contributed by atoms with E-state index in [0.717, 1.165) is 17.2 Å². The first-order valence-corrected chi connectivity index (χ1v) is 7.32. The number of rotatable bonds is 6. The van der Waals surface area contributed by atoms with Gasteiger partial charge in [0.1, 0.15) is 18.1 Å². The smallest absolute Gasteiger partial charge is 0.171 e. The number of aromatic nitrogens is 1. The molecule has 1 atom stereocenters. The molecule has 0 radical (unpaired) electrons. The molecule has 0 saturated heterocycles. The average molecular weight is 317 g/mol. The molecule has 1 aromatic heterocycles. The number of methoxy groups -OCH3 is 1. The molecular formula is C16H19N3O2S. The number of nitrogens with zero attached hydrogens (tertiary/aromatic N) is 1. The molecule has 0 amide bonds. The summed E-state index contributed by atoms with van der Waals surface area (Å²) in [6.07, 6.45) is 3.42. The quantitative estimate of drug-likeness (QED) is 0.799. The van der Waals surface area contributed by atoms with Crippen molar-refractivity contribution in [2.45, 2.75) is 13.0 Å². The van der Waals surface area contributed by atoms with Crippen molar-refractivity contribution in [3.63, 3.8) is 0 Å². The molecule has 1 heterocycles. The van der Waals surface area contributed by atoms with E-state index in [4.69, 9.17) is 21.7 Å². The van der Waals surface area contributed by atoms with Gasteiger partial charge in [0, 0.05) is 18.1 Å². The number of thiocarbonyl (C=S) groups is 1. The van der Waals surface area contributed by atoms with Gasteiger partial charge in [0.25, 0.3) is 0 Å². The molecule has 0 aliphatic rings. The van der Waals surface area contributed by atoms with Crippen molar-refractivity contribution in [3.05, 3.63) is 48.8 Å². The zero-order chi connectivity index (χ0) is 15.8. The second-order valence-electron chi connectivity index (χ2n) is 4.72. The summed E-state index contributed by atoms with van der Waals surface area (Å²) in [5.41, 5.74) is 0.899. The van der Waals surface area contributed by atoms with Crippen molar-refractivity contribution in [2.75, 3.05) is 19.0 Å². The number of benzene rings is 1. The highest BCUT2D eigenvalue weighted by molar-refractivity contribution is 7.80. The Kier molecular flexibility index (Phi) is 5.97. The van der Waals surface area contributed by atoms with Gasteiger partial charge in [-0.15, -0.1) is 0 Å². The molecule has 2 aromatic rings. The predicted molar refractivity (Wildman–Crippen MR) is 91.5 cm³/mol. The van der Waals surface area contributed by atoms with Crippen LogP contribution in [-0.4, -0.2) is 29.9 Å². The third-order valence-corrected chi connectivity index (χ3v) is 3.10. The van der Waals surface area contributed by atoms with Crippen LogP contribution in [0.5, 0.6) is 11.5 Å². The lowest BCUT2D eigenvalue weighted by Gasteiger charge is -2.17. The zero-order valence-electron chi connectivity index (χ0n) is 12.6. The van der Waals surface area contributed by atoms with Crippen LogP contribution < -0.4 is 20.1 Å². The fourth-order valence-electron chi connectivity index (χ4n) is 1.76. The van der Waals surface area contributed by atoms with Crippen molar-refractivity contribution in [3.8, 4) is 11.5 Å². The van der Waals surface area contributed by atoms with Crippen molar-refractivity contribution >= 4 is 23.0 Å². The molecule has 6 heteroatoms. The third-order valence-electron chi connectivity index (χ3n) is 2.88. The molecule has 2 N–H and O–H groups in total.